The maximum absolute atomic E-state index is 10.9. The van der Waals surface area contributed by atoms with Crippen LogP contribution in [0.5, 0.6) is 0 Å². The summed E-state index contributed by atoms with van der Waals surface area (Å²) in [6.07, 6.45) is 0.926. The highest BCUT2D eigenvalue weighted by Gasteiger charge is 2.19. The van der Waals surface area contributed by atoms with Crippen LogP contribution in [0.25, 0.3) is 0 Å². The van der Waals surface area contributed by atoms with Crippen molar-refractivity contribution in [3.8, 4) is 0 Å². The summed E-state index contributed by atoms with van der Waals surface area (Å²) < 4.78 is 0. The quantitative estimate of drug-likeness (QED) is 0.536. The molecule has 1 aliphatic heterocycles. The molecule has 0 saturated heterocycles. The van der Waals surface area contributed by atoms with Crippen LogP contribution in [0.15, 0.2) is 42.5 Å². The van der Waals surface area contributed by atoms with Crippen molar-refractivity contribution < 1.29 is 4.92 Å². The lowest BCUT2D eigenvalue weighted by Crippen LogP contribution is -2.30. The Morgan fingerprint density at radius 1 is 1.18 bits per heavy atom. The predicted molar refractivity (Wildman–Crippen MR) is 89.0 cm³/mol. The molecule has 0 fully saturated rings. The van der Waals surface area contributed by atoms with E-state index >= 15 is 0 Å². The molecule has 0 aromatic heterocycles. The summed E-state index contributed by atoms with van der Waals surface area (Å²) in [6, 6.07) is 13.0. The standard InChI is InChI=1S/C16H17N3O2.ClH/c17-15-3-1-2-12(8-15)10-18-7-6-13-4-5-16(19(20)21)9-14(13)11-18;/h1-5,8-9H,6-7,10-11,17H2;1H. The molecule has 0 amide bonds. The van der Waals surface area contributed by atoms with Gasteiger partial charge in [-0.15, -0.1) is 12.4 Å². The number of nitro groups is 1. The van der Waals surface area contributed by atoms with Crippen LogP contribution in [0.4, 0.5) is 11.4 Å². The van der Waals surface area contributed by atoms with E-state index < -0.39 is 0 Å². The Balaban J connectivity index is 0.00000176. The van der Waals surface area contributed by atoms with Crippen LogP contribution >= 0.6 is 12.4 Å². The summed E-state index contributed by atoms with van der Waals surface area (Å²) in [5.41, 5.74) is 10.2. The first kappa shape index (κ1) is 16.3. The number of anilines is 1. The summed E-state index contributed by atoms with van der Waals surface area (Å²) >= 11 is 0. The zero-order valence-corrected chi connectivity index (χ0v) is 12.9. The van der Waals surface area contributed by atoms with Crippen LogP contribution in [0, 0.1) is 10.1 Å². The van der Waals surface area contributed by atoms with Gasteiger partial charge in [0.1, 0.15) is 0 Å². The number of nitrogen functional groups attached to an aromatic ring is 1. The second-order valence-electron chi connectivity index (χ2n) is 5.42. The van der Waals surface area contributed by atoms with Gasteiger partial charge in [-0.2, -0.15) is 0 Å². The fraction of sp³-hybridized carbons (Fsp3) is 0.250. The van der Waals surface area contributed by atoms with Crippen molar-refractivity contribution in [2.45, 2.75) is 19.5 Å². The molecule has 2 aromatic rings. The Hall–Kier alpha value is -2.11. The second kappa shape index (κ2) is 6.77. The number of nitro benzene ring substituents is 1. The number of benzene rings is 2. The average molecular weight is 320 g/mol. The molecular formula is C16H18ClN3O2. The van der Waals surface area contributed by atoms with Gasteiger partial charge in [-0.3, -0.25) is 15.0 Å². The number of non-ortho nitro benzene ring substituents is 1. The van der Waals surface area contributed by atoms with Crippen molar-refractivity contribution >= 4 is 23.8 Å². The Bertz CT molecular complexity index is 691. The SMILES string of the molecule is Cl.Nc1cccc(CN2CCc3ccc([N+](=O)[O-])cc3C2)c1. The highest BCUT2D eigenvalue weighted by Crippen LogP contribution is 2.25. The average Bonchev–Trinajstić information content (AvgIpc) is 2.46. The van der Waals surface area contributed by atoms with Gasteiger partial charge in [-0.25, -0.2) is 0 Å². The van der Waals surface area contributed by atoms with Crippen LogP contribution in [-0.2, 0) is 19.5 Å². The number of hydrogen-bond donors (Lipinski definition) is 1. The molecule has 0 radical (unpaired) electrons. The first-order valence-corrected chi connectivity index (χ1v) is 6.95. The lowest BCUT2D eigenvalue weighted by Gasteiger charge is -2.28. The summed E-state index contributed by atoms with van der Waals surface area (Å²) in [4.78, 5) is 12.8. The van der Waals surface area contributed by atoms with E-state index in [-0.39, 0.29) is 23.0 Å². The molecule has 116 valence electrons. The van der Waals surface area contributed by atoms with E-state index in [1.54, 1.807) is 12.1 Å². The smallest absolute Gasteiger partial charge is 0.269 e. The third-order valence-corrected chi connectivity index (χ3v) is 3.85. The van der Waals surface area contributed by atoms with E-state index in [0.717, 1.165) is 37.3 Å². The van der Waals surface area contributed by atoms with Crippen LogP contribution in [0.1, 0.15) is 16.7 Å². The van der Waals surface area contributed by atoms with Crippen LogP contribution in [0.2, 0.25) is 0 Å². The van der Waals surface area contributed by atoms with Gasteiger partial charge in [0.05, 0.1) is 4.92 Å². The molecule has 0 aliphatic carbocycles. The van der Waals surface area contributed by atoms with E-state index in [4.69, 9.17) is 5.73 Å². The molecule has 22 heavy (non-hydrogen) atoms. The maximum Gasteiger partial charge on any atom is 0.269 e. The van der Waals surface area contributed by atoms with Crippen LogP contribution in [0.3, 0.4) is 0 Å². The van der Waals surface area contributed by atoms with Crippen molar-refractivity contribution in [2.24, 2.45) is 0 Å². The fourth-order valence-electron chi connectivity index (χ4n) is 2.80. The van der Waals surface area contributed by atoms with Gasteiger partial charge < -0.3 is 5.73 Å². The number of nitrogens with zero attached hydrogens (tertiary/aromatic N) is 2. The number of fused-ring (bicyclic) bond motifs is 1. The van der Waals surface area contributed by atoms with Crippen molar-refractivity contribution in [1.82, 2.24) is 4.90 Å². The minimum absolute atomic E-state index is 0. The highest BCUT2D eigenvalue weighted by atomic mass is 35.5. The van der Waals surface area contributed by atoms with Gasteiger partial charge >= 0.3 is 0 Å². The molecule has 5 nitrogen and oxygen atoms in total. The fourth-order valence-corrected chi connectivity index (χ4v) is 2.80. The third-order valence-electron chi connectivity index (χ3n) is 3.85. The Morgan fingerprint density at radius 2 is 2.00 bits per heavy atom. The Labute approximate surface area is 135 Å². The molecule has 1 heterocycles. The minimum atomic E-state index is -0.336. The molecular weight excluding hydrogens is 302 g/mol. The van der Waals surface area contributed by atoms with E-state index in [1.165, 1.54) is 11.1 Å². The van der Waals surface area contributed by atoms with Crippen molar-refractivity contribution in [1.29, 1.82) is 0 Å². The van der Waals surface area contributed by atoms with E-state index in [9.17, 15) is 10.1 Å². The molecule has 0 unspecified atom stereocenters. The monoisotopic (exact) mass is 319 g/mol. The molecule has 0 saturated carbocycles. The zero-order valence-electron chi connectivity index (χ0n) is 12.1. The maximum atomic E-state index is 10.9. The molecule has 0 atom stereocenters. The lowest BCUT2D eigenvalue weighted by atomic mass is 9.98. The number of hydrogen-bond acceptors (Lipinski definition) is 4. The summed E-state index contributed by atoms with van der Waals surface area (Å²) in [5.74, 6) is 0. The van der Waals surface area contributed by atoms with Gasteiger partial charge in [0, 0.05) is 37.5 Å². The zero-order chi connectivity index (χ0) is 14.8. The number of nitrogens with two attached hydrogens (primary N) is 1. The van der Waals surface area contributed by atoms with Crippen molar-refractivity contribution in [2.75, 3.05) is 12.3 Å². The summed E-state index contributed by atoms with van der Waals surface area (Å²) in [6.45, 7) is 2.51. The largest absolute Gasteiger partial charge is 0.399 e. The Morgan fingerprint density at radius 3 is 2.73 bits per heavy atom. The molecule has 2 aromatic carbocycles. The summed E-state index contributed by atoms with van der Waals surface area (Å²) in [7, 11) is 0. The topological polar surface area (TPSA) is 72.4 Å². The summed E-state index contributed by atoms with van der Waals surface area (Å²) in [5, 5.41) is 10.9. The minimum Gasteiger partial charge on any atom is -0.399 e. The van der Waals surface area contributed by atoms with Crippen LogP contribution < -0.4 is 5.73 Å². The highest BCUT2D eigenvalue weighted by molar-refractivity contribution is 5.85. The Kier molecular flexibility index (Phi) is 5.00. The number of halogens is 1. The molecule has 3 rings (SSSR count). The first-order chi connectivity index (χ1) is 10.1. The lowest BCUT2D eigenvalue weighted by molar-refractivity contribution is -0.385. The predicted octanol–water partition coefficient (Wildman–Crippen LogP) is 3.16. The van der Waals surface area contributed by atoms with E-state index in [1.807, 2.05) is 24.3 Å². The van der Waals surface area contributed by atoms with E-state index in [2.05, 4.69) is 11.0 Å². The second-order valence-corrected chi connectivity index (χ2v) is 5.42. The van der Waals surface area contributed by atoms with E-state index in [0.29, 0.717) is 0 Å². The molecule has 2 N–H and O–H groups in total. The van der Waals surface area contributed by atoms with Crippen molar-refractivity contribution in [3.63, 3.8) is 0 Å². The van der Waals surface area contributed by atoms with Gasteiger partial charge in [-0.1, -0.05) is 18.2 Å². The van der Waals surface area contributed by atoms with Gasteiger partial charge in [-0.05, 0) is 35.2 Å². The van der Waals surface area contributed by atoms with Gasteiger partial charge in [0.25, 0.3) is 5.69 Å². The van der Waals surface area contributed by atoms with Crippen LogP contribution in [-0.4, -0.2) is 16.4 Å². The molecule has 0 bridgehead atoms. The van der Waals surface area contributed by atoms with Crippen molar-refractivity contribution in [3.05, 3.63) is 69.3 Å². The normalized spacial score (nSPS) is 14.0. The number of rotatable bonds is 3. The first-order valence-electron chi connectivity index (χ1n) is 6.95. The molecule has 1 aliphatic rings. The third kappa shape index (κ3) is 3.55. The molecule has 6 heteroatoms. The van der Waals surface area contributed by atoms with Gasteiger partial charge in [0.2, 0.25) is 0 Å². The molecule has 0 spiro atoms. The van der Waals surface area contributed by atoms with Gasteiger partial charge in [0.15, 0.2) is 0 Å².